The van der Waals surface area contributed by atoms with Gasteiger partial charge in [0.05, 0.1) is 6.61 Å². The first-order chi connectivity index (χ1) is 5.52. The molecule has 0 aromatic rings. The van der Waals surface area contributed by atoms with E-state index in [2.05, 4.69) is 9.05 Å². The second-order valence-corrected chi connectivity index (χ2v) is 3.41. The van der Waals surface area contributed by atoms with Crippen LogP contribution < -0.4 is 5.73 Å². The van der Waals surface area contributed by atoms with Crippen LogP contribution in [0.4, 0.5) is 0 Å². The average molecular weight is 249 g/mol. The van der Waals surface area contributed by atoms with E-state index < -0.39 is 22.7 Å². The Morgan fingerprint density at radius 3 is 2.23 bits per heavy atom. The van der Waals surface area contributed by atoms with Crippen LogP contribution in [0.2, 0.25) is 0 Å². The van der Waals surface area contributed by atoms with Gasteiger partial charge in [-0.25, -0.2) is 0 Å². The minimum absolute atomic E-state index is 0. The lowest BCUT2D eigenvalue weighted by Crippen LogP contribution is -2.22. The number of nitrogens with two attached hydrogens (primary N) is 1. The Balaban J connectivity index is 0. The van der Waals surface area contributed by atoms with Gasteiger partial charge in [0.15, 0.2) is 17.4 Å². The third-order valence-corrected chi connectivity index (χ3v) is 1.84. The molecule has 10 heteroatoms. The topological polar surface area (TPSA) is 119 Å². The van der Waals surface area contributed by atoms with E-state index in [0.29, 0.717) is 0 Å². The van der Waals surface area contributed by atoms with Crippen LogP contribution in [-0.4, -0.2) is 40.0 Å². The van der Waals surface area contributed by atoms with Crippen molar-refractivity contribution in [2.75, 3.05) is 6.61 Å². The smallest absolute Gasteiger partial charge is 0.318 e. The first-order valence-corrected chi connectivity index (χ1v) is 5.56. The second-order valence-electron chi connectivity index (χ2n) is 1.83. The van der Waals surface area contributed by atoms with Crippen molar-refractivity contribution in [3.05, 3.63) is 0 Å². The highest BCUT2D eigenvalue weighted by Gasteiger charge is 2.05. The van der Waals surface area contributed by atoms with Crippen LogP contribution in [0.3, 0.4) is 0 Å². The normalized spacial score (nSPS) is 17.2. The molecule has 0 fully saturated rings. The first kappa shape index (κ1) is 16.2. The van der Waals surface area contributed by atoms with E-state index in [4.69, 9.17) is 15.5 Å². The van der Waals surface area contributed by atoms with Gasteiger partial charge < -0.3 is 20.0 Å². The van der Waals surface area contributed by atoms with Crippen molar-refractivity contribution in [3.63, 3.8) is 0 Å². The summed E-state index contributed by atoms with van der Waals surface area (Å²) in [7, 11) is -6.00. The maximum absolute atomic E-state index is 10.0. The molecule has 0 saturated heterocycles. The highest BCUT2D eigenvalue weighted by atomic mass is 31.1. The Morgan fingerprint density at radius 2 is 1.85 bits per heavy atom. The van der Waals surface area contributed by atoms with Crippen LogP contribution in [0.5, 0.6) is 0 Å². The van der Waals surface area contributed by atoms with Gasteiger partial charge in [0.1, 0.15) is 6.23 Å². The number of hydrogen-bond donors (Lipinski definition) is 3. The molecule has 0 aliphatic heterocycles. The third-order valence-electron chi connectivity index (χ3n) is 0.880. The Labute approximate surface area is 87.3 Å². The van der Waals surface area contributed by atoms with Gasteiger partial charge >= 0.3 is 16.5 Å². The zero-order valence-electron chi connectivity index (χ0n) is 6.10. The van der Waals surface area contributed by atoms with E-state index in [1.165, 1.54) is 0 Å². The SMILES string of the molecule is NC(CCO[PH](=O)O)O[PH](=O)O.[AlH3]. The highest BCUT2D eigenvalue weighted by Crippen LogP contribution is 2.19. The molecule has 4 N–H and O–H groups in total. The number of hydrogen-bond acceptors (Lipinski definition) is 5. The molecule has 7 nitrogen and oxygen atoms in total. The van der Waals surface area contributed by atoms with Crippen molar-refractivity contribution in [2.24, 2.45) is 5.73 Å². The first-order valence-electron chi connectivity index (χ1n) is 3.03. The standard InChI is InChI=1S/C3H11NO6P2.Al.3H/c4-3(10-12(7)8)1-2-9-11(5)6;;;;/h3,11-12H,1-2,4H2,(H,5,6)(H,7,8);;;;. The van der Waals surface area contributed by atoms with E-state index in [1.807, 2.05) is 0 Å². The Kier molecular flexibility index (Phi) is 11.7. The fourth-order valence-corrected chi connectivity index (χ4v) is 1.12. The van der Waals surface area contributed by atoms with Gasteiger partial charge in [-0.2, -0.15) is 0 Å². The largest absolute Gasteiger partial charge is 0.326 e. The maximum Gasteiger partial charge on any atom is 0.318 e. The van der Waals surface area contributed by atoms with Crippen LogP contribution >= 0.6 is 16.5 Å². The predicted molar refractivity (Wildman–Crippen MR) is 52.0 cm³/mol. The molecule has 13 heavy (non-hydrogen) atoms. The van der Waals surface area contributed by atoms with E-state index >= 15 is 0 Å². The van der Waals surface area contributed by atoms with Crippen molar-refractivity contribution in [1.29, 1.82) is 0 Å². The fourth-order valence-electron chi connectivity index (χ4n) is 0.451. The van der Waals surface area contributed by atoms with Gasteiger partial charge in [-0.1, -0.05) is 0 Å². The zero-order valence-corrected chi connectivity index (χ0v) is 8.10. The van der Waals surface area contributed by atoms with Crippen molar-refractivity contribution in [3.8, 4) is 0 Å². The summed E-state index contributed by atoms with van der Waals surface area (Å²) in [5.41, 5.74) is 5.15. The summed E-state index contributed by atoms with van der Waals surface area (Å²) in [5.74, 6) is 0. The molecule has 0 radical (unpaired) electrons. The van der Waals surface area contributed by atoms with Gasteiger partial charge in [0.2, 0.25) is 0 Å². The van der Waals surface area contributed by atoms with Gasteiger partial charge in [-0.3, -0.25) is 13.7 Å². The Morgan fingerprint density at radius 1 is 1.31 bits per heavy atom. The van der Waals surface area contributed by atoms with Crippen LogP contribution in [0.15, 0.2) is 0 Å². The second kappa shape index (κ2) is 9.35. The monoisotopic (exact) mass is 249 g/mol. The van der Waals surface area contributed by atoms with Crippen molar-refractivity contribution >= 4 is 33.9 Å². The zero-order chi connectivity index (χ0) is 9.56. The van der Waals surface area contributed by atoms with Crippen LogP contribution in [0, 0.1) is 0 Å². The summed E-state index contributed by atoms with van der Waals surface area (Å²) in [6.07, 6.45) is -0.851. The van der Waals surface area contributed by atoms with Crippen molar-refractivity contribution in [1.82, 2.24) is 0 Å². The summed E-state index contributed by atoms with van der Waals surface area (Å²) in [6, 6.07) is 0. The average Bonchev–Trinajstić information content (AvgIpc) is 1.84. The molecule has 0 aromatic carbocycles. The van der Waals surface area contributed by atoms with Gasteiger partial charge in [0.25, 0.3) is 0 Å². The lowest BCUT2D eigenvalue weighted by molar-refractivity contribution is 0.157. The quantitative estimate of drug-likeness (QED) is 0.291. The van der Waals surface area contributed by atoms with Gasteiger partial charge in [-0.15, -0.1) is 0 Å². The minimum atomic E-state index is -3.05. The maximum atomic E-state index is 10.0. The molecular formula is C3H14AlNO6P2. The summed E-state index contributed by atoms with van der Waals surface area (Å²) >= 11 is 0. The van der Waals surface area contributed by atoms with E-state index in [0.717, 1.165) is 0 Å². The van der Waals surface area contributed by atoms with E-state index in [9.17, 15) is 9.13 Å². The van der Waals surface area contributed by atoms with Crippen LogP contribution in [0.25, 0.3) is 0 Å². The molecule has 3 atom stereocenters. The Hall–Kier alpha value is 0.792. The summed E-state index contributed by atoms with van der Waals surface area (Å²) < 4.78 is 28.5. The highest BCUT2D eigenvalue weighted by molar-refractivity contribution is 7.32. The molecule has 0 saturated carbocycles. The van der Waals surface area contributed by atoms with Gasteiger partial charge in [-0.05, 0) is 0 Å². The molecule has 80 valence electrons. The number of rotatable bonds is 6. The van der Waals surface area contributed by atoms with Gasteiger partial charge in [0, 0.05) is 6.42 Å². The molecule has 0 bridgehead atoms. The van der Waals surface area contributed by atoms with Crippen molar-refractivity contribution in [2.45, 2.75) is 12.6 Å². The molecule has 0 rings (SSSR count). The summed E-state index contributed by atoms with van der Waals surface area (Å²) in [5, 5.41) is 0. The summed E-state index contributed by atoms with van der Waals surface area (Å²) in [6.45, 7) is -0.0788. The molecule has 0 amide bonds. The fraction of sp³-hybridized carbons (Fsp3) is 1.00. The molecule has 0 aliphatic rings. The minimum Gasteiger partial charge on any atom is -0.326 e. The summed E-state index contributed by atoms with van der Waals surface area (Å²) in [4.78, 5) is 16.4. The van der Waals surface area contributed by atoms with E-state index in [-0.39, 0.29) is 30.4 Å². The van der Waals surface area contributed by atoms with E-state index in [1.54, 1.807) is 0 Å². The molecule has 0 aromatic heterocycles. The lowest BCUT2D eigenvalue weighted by Gasteiger charge is -2.08. The Bertz CT molecular complexity index is 179. The predicted octanol–water partition coefficient (Wildman–Crippen LogP) is -1.73. The van der Waals surface area contributed by atoms with Crippen LogP contribution in [-0.2, 0) is 18.2 Å². The lowest BCUT2D eigenvalue weighted by atomic mass is 10.4. The van der Waals surface area contributed by atoms with Crippen LogP contribution in [0.1, 0.15) is 6.42 Å². The molecular weight excluding hydrogens is 235 g/mol. The third kappa shape index (κ3) is 12.8. The molecule has 0 aliphatic carbocycles. The molecule has 3 unspecified atom stereocenters. The molecule has 0 heterocycles. The molecule has 0 spiro atoms. The van der Waals surface area contributed by atoms with Crippen molar-refractivity contribution < 1.29 is 28.0 Å².